The molecule has 0 bridgehead atoms. The molecule has 160 valence electrons. The van der Waals surface area contributed by atoms with Crippen LogP contribution in [0.2, 0.25) is 0 Å². The first kappa shape index (κ1) is 23.0. The number of nitrogens with zero attached hydrogens (tertiary/aromatic N) is 3. The van der Waals surface area contributed by atoms with Gasteiger partial charge in [-0.05, 0) is 48.2 Å². The highest BCUT2D eigenvalue weighted by Crippen LogP contribution is 2.21. The molecule has 1 amide bonds. The van der Waals surface area contributed by atoms with Crippen molar-refractivity contribution in [1.29, 1.82) is 0 Å². The number of carbonyl (C=O) groups is 1. The second kappa shape index (κ2) is 9.49. The van der Waals surface area contributed by atoms with Crippen molar-refractivity contribution in [2.75, 3.05) is 17.1 Å². The van der Waals surface area contributed by atoms with Crippen LogP contribution in [0.3, 0.4) is 0 Å². The minimum absolute atomic E-state index is 0.0529. The summed E-state index contributed by atoms with van der Waals surface area (Å²) < 4.78 is 25.4. The molecule has 0 radical (unpaired) electrons. The first-order valence-electron chi connectivity index (χ1n) is 9.14. The standard InChI is InChI=1S/C20H24N4O5S/c1-14(2)16-5-9-18(10-6-16)23(30(4,28)29)13-20(25)22-21-15(3)17-7-11-19(12-8-17)24(26)27/h5-12,14H,13H2,1-4H3,(H,22,25)/b21-15-. The molecule has 10 heteroatoms. The third kappa shape index (κ3) is 6.11. The highest BCUT2D eigenvalue weighted by atomic mass is 32.2. The molecule has 1 N–H and O–H groups in total. The SMILES string of the molecule is C/C(=N/NC(=O)CN(c1ccc(C(C)C)cc1)S(C)(=O)=O)c1ccc([N+](=O)[O-])cc1. The minimum Gasteiger partial charge on any atom is -0.271 e. The molecule has 0 aromatic heterocycles. The van der Waals surface area contributed by atoms with Gasteiger partial charge >= 0.3 is 0 Å². The number of anilines is 1. The summed E-state index contributed by atoms with van der Waals surface area (Å²) >= 11 is 0. The van der Waals surface area contributed by atoms with E-state index in [0.717, 1.165) is 16.1 Å². The van der Waals surface area contributed by atoms with E-state index in [1.165, 1.54) is 24.3 Å². The molecule has 0 saturated carbocycles. The van der Waals surface area contributed by atoms with E-state index in [1.54, 1.807) is 19.1 Å². The van der Waals surface area contributed by atoms with Crippen LogP contribution in [-0.4, -0.2) is 37.8 Å². The number of hydrogen-bond donors (Lipinski definition) is 1. The van der Waals surface area contributed by atoms with Gasteiger partial charge in [-0.1, -0.05) is 26.0 Å². The lowest BCUT2D eigenvalue weighted by atomic mass is 10.0. The first-order chi connectivity index (χ1) is 14.0. The van der Waals surface area contributed by atoms with Crippen LogP contribution in [-0.2, 0) is 14.8 Å². The van der Waals surface area contributed by atoms with Crippen molar-refractivity contribution in [3.8, 4) is 0 Å². The molecule has 0 heterocycles. The fraction of sp³-hybridized carbons (Fsp3) is 0.300. The average Bonchev–Trinajstić information content (AvgIpc) is 2.69. The van der Waals surface area contributed by atoms with Crippen LogP contribution in [0, 0.1) is 10.1 Å². The molecule has 2 aromatic carbocycles. The Morgan fingerprint density at radius 1 is 1.13 bits per heavy atom. The van der Waals surface area contributed by atoms with E-state index < -0.39 is 27.4 Å². The van der Waals surface area contributed by atoms with Crippen LogP contribution in [0.5, 0.6) is 0 Å². The number of sulfonamides is 1. The lowest BCUT2D eigenvalue weighted by Gasteiger charge is -2.22. The molecule has 0 spiro atoms. The van der Waals surface area contributed by atoms with Gasteiger partial charge in [0.15, 0.2) is 0 Å². The van der Waals surface area contributed by atoms with Crippen molar-refractivity contribution in [2.45, 2.75) is 26.7 Å². The number of rotatable bonds is 8. The number of nitro groups is 1. The third-order valence-corrected chi connectivity index (χ3v) is 5.52. The molecule has 0 aliphatic rings. The number of non-ortho nitro benzene ring substituents is 1. The maximum Gasteiger partial charge on any atom is 0.269 e. The molecule has 30 heavy (non-hydrogen) atoms. The molecular formula is C20H24N4O5S. The molecule has 0 fully saturated rings. The molecule has 0 saturated heterocycles. The van der Waals surface area contributed by atoms with E-state index in [-0.39, 0.29) is 5.69 Å². The Morgan fingerprint density at radius 3 is 2.17 bits per heavy atom. The van der Waals surface area contributed by atoms with Crippen molar-refractivity contribution < 1.29 is 18.1 Å². The summed E-state index contributed by atoms with van der Waals surface area (Å²) in [5, 5.41) is 14.7. The van der Waals surface area contributed by atoms with Gasteiger partial charge in [0.2, 0.25) is 10.0 Å². The smallest absolute Gasteiger partial charge is 0.269 e. The van der Waals surface area contributed by atoms with Crippen LogP contribution in [0.15, 0.2) is 53.6 Å². The molecular weight excluding hydrogens is 408 g/mol. The van der Waals surface area contributed by atoms with Gasteiger partial charge in [0.05, 0.1) is 22.6 Å². The van der Waals surface area contributed by atoms with Crippen molar-refractivity contribution in [3.05, 3.63) is 69.8 Å². The Hall–Kier alpha value is -3.27. The molecule has 0 aliphatic carbocycles. The van der Waals surface area contributed by atoms with Crippen molar-refractivity contribution >= 4 is 33.0 Å². The quantitative estimate of drug-likeness (QED) is 0.390. The summed E-state index contributed by atoms with van der Waals surface area (Å²) in [5.74, 6) is -0.319. The second-order valence-corrected chi connectivity index (χ2v) is 8.96. The summed E-state index contributed by atoms with van der Waals surface area (Å²) in [5.41, 5.74) is 4.72. The van der Waals surface area contributed by atoms with Crippen LogP contribution in [0.1, 0.15) is 37.8 Å². The summed E-state index contributed by atoms with van der Waals surface area (Å²) in [4.78, 5) is 22.5. The van der Waals surface area contributed by atoms with Crippen LogP contribution < -0.4 is 9.73 Å². The lowest BCUT2D eigenvalue weighted by molar-refractivity contribution is -0.384. The van der Waals surface area contributed by atoms with Crippen molar-refractivity contribution in [3.63, 3.8) is 0 Å². The van der Waals surface area contributed by atoms with Gasteiger partial charge in [-0.2, -0.15) is 5.10 Å². The zero-order valence-electron chi connectivity index (χ0n) is 17.2. The van der Waals surface area contributed by atoms with Crippen LogP contribution >= 0.6 is 0 Å². The van der Waals surface area contributed by atoms with Gasteiger partial charge in [0.1, 0.15) is 6.54 Å². The lowest BCUT2D eigenvalue weighted by Crippen LogP contribution is -2.39. The Bertz CT molecular complexity index is 1050. The molecule has 0 aliphatic heterocycles. The van der Waals surface area contributed by atoms with Crippen molar-refractivity contribution in [2.24, 2.45) is 5.10 Å². The number of hydrogen-bond acceptors (Lipinski definition) is 6. The van der Waals surface area contributed by atoms with E-state index in [9.17, 15) is 23.3 Å². The number of nitro benzene ring substituents is 1. The van der Waals surface area contributed by atoms with E-state index in [4.69, 9.17) is 0 Å². The normalized spacial score (nSPS) is 12.0. The summed E-state index contributed by atoms with van der Waals surface area (Å²) in [6, 6.07) is 12.7. The Morgan fingerprint density at radius 2 is 1.70 bits per heavy atom. The highest BCUT2D eigenvalue weighted by Gasteiger charge is 2.21. The zero-order valence-corrected chi connectivity index (χ0v) is 18.0. The fourth-order valence-electron chi connectivity index (χ4n) is 2.63. The zero-order chi connectivity index (χ0) is 22.5. The van der Waals surface area contributed by atoms with Gasteiger partial charge in [0, 0.05) is 12.1 Å². The van der Waals surface area contributed by atoms with Crippen molar-refractivity contribution in [1.82, 2.24) is 5.43 Å². The number of nitrogens with one attached hydrogen (secondary N) is 1. The average molecular weight is 433 g/mol. The topological polar surface area (TPSA) is 122 Å². The largest absolute Gasteiger partial charge is 0.271 e. The van der Waals surface area contributed by atoms with Gasteiger partial charge in [-0.3, -0.25) is 19.2 Å². The Labute approximate surface area is 175 Å². The van der Waals surface area contributed by atoms with E-state index in [0.29, 0.717) is 22.9 Å². The molecule has 0 atom stereocenters. The number of amides is 1. The van der Waals surface area contributed by atoms with Crippen LogP contribution in [0.25, 0.3) is 0 Å². The Kier molecular flexibility index (Phi) is 7.28. The molecule has 0 unspecified atom stereocenters. The molecule has 2 rings (SSSR count). The van der Waals surface area contributed by atoms with Gasteiger partial charge in [0.25, 0.3) is 11.6 Å². The second-order valence-electron chi connectivity index (χ2n) is 7.05. The van der Waals surface area contributed by atoms with E-state index in [2.05, 4.69) is 10.5 Å². The highest BCUT2D eigenvalue weighted by molar-refractivity contribution is 7.92. The first-order valence-corrected chi connectivity index (χ1v) is 11.0. The van der Waals surface area contributed by atoms with Crippen LogP contribution in [0.4, 0.5) is 11.4 Å². The minimum atomic E-state index is -3.69. The number of benzene rings is 2. The molecule has 2 aromatic rings. The maximum absolute atomic E-state index is 12.3. The maximum atomic E-state index is 12.3. The van der Waals surface area contributed by atoms with Gasteiger partial charge < -0.3 is 0 Å². The summed E-state index contributed by atoms with van der Waals surface area (Å²) in [7, 11) is -3.69. The summed E-state index contributed by atoms with van der Waals surface area (Å²) in [6.07, 6.45) is 1.03. The van der Waals surface area contributed by atoms with Gasteiger partial charge in [-0.15, -0.1) is 0 Å². The monoisotopic (exact) mass is 432 g/mol. The fourth-order valence-corrected chi connectivity index (χ4v) is 3.48. The number of hydrazone groups is 1. The van der Waals surface area contributed by atoms with E-state index in [1.807, 2.05) is 26.0 Å². The molecule has 9 nitrogen and oxygen atoms in total. The predicted octanol–water partition coefficient (Wildman–Crippen LogP) is 3.02. The summed E-state index contributed by atoms with van der Waals surface area (Å²) in [6.45, 7) is 5.25. The third-order valence-electron chi connectivity index (χ3n) is 4.38. The Balaban J connectivity index is 2.12. The number of carbonyl (C=O) groups excluding carboxylic acids is 1. The van der Waals surface area contributed by atoms with Gasteiger partial charge in [-0.25, -0.2) is 13.8 Å². The van der Waals surface area contributed by atoms with E-state index >= 15 is 0 Å². The predicted molar refractivity (Wildman–Crippen MR) is 116 cm³/mol.